The fourth-order valence-electron chi connectivity index (χ4n) is 1.70. The van der Waals surface area contributed by atoms with Gasteiger partial charge in [-0.05, 0) is 19.3 Å². The van der Waals surface area contributed by atoms with Crippen LogP contribution in [0.4, 0.5) is 0 Å². The van der Waals surface area contributed by atoms with E-state index in [-0.39, 0.29) is 6.10 Å². The highest BCUT2D eigenvalue weighted by Gasteiger charge is 2.14. The van der Waals surface area contributed by atoms with E-state index in [9.17, 15) is 4.79 Å². The number of nitrogens with zero attached hydrogens (tertiary/aromatic N) is 2. The Morgan fingerprint density at radius 2 is 2.57 bits per heavy atom. The first-order valence-electron chi connectivity index (χ1n) is 4.98. The Morgan fingerprint density at radius 3 is 3.21 bits per heavy atom. The SMILES string of the molecule is O=Cc1cnn(C[C@H]2CCCCO2)c1. The van der Waals surface area contributed by atoms with E-state index in [2.05, 4.69) is 5.10 Å². The van der Waals surface area contributed by atoms with E-state index in [1.165, 1.54) is 6.42 Å². The van der Waals surface area contributed by atoms with E-state index in [4.69, 9.17) is 4.74 Å². The van der Waals surface area contributed by atoms with Gasteiger partial charge in [0.05, 0.1) is 24.4 Å². The molecule has 0 amide bonds. The van der Waals surface area contributed by atoms with Gasteiger partial charge in [-0.25, -0.2) is 0 Å². The Hall–Kier alpha value is -1.16. The first kappa shape index (κ1) is 9.40. The summed E-state index contributed by atoms with van der Waals surface area (Å²) in [5.74, 6) is 0. The molecule has 2 rings (SSSR count). The third-order valence-electron chi connectivity index (χ3n) is 2.45. The molecule has 0 aromatic carbocycles. The van der Waals surface area contributed by atoms with Crippen LogP contribution in [0.25, 0.3) is 0 Å². The Labute approximate surface area is 82.9 Å². The van der Waals surface area contributed by atoms with Crippen LogP contribution in [0.2, 0.25) is 0 Å². The molecule has 1 fully saturated rings. The summed E-state index contributed by atoms with van der Waals surface area (Å²) in [7, 11) is 0. The molecule has 1 aliphatic heterocycles. The molecule has 0 saturated carbocycles. The van der Waals surface area contributed by atoms with Crippen LogP contribution in [0, 0.1) is 0 Å². The van der Waals surface area contributed by atoms with Gasteiger partial charge < -0.3 is 4.74 Å². The Balaban J connectivity index is 1.92. The van der Waals surface area contributed by atoms with Crippen LogP contribution >= 0.6 is 0 Å². The normalized spacial score (nSPS) is 22.1. The number of hydrogen-bond acceptors (Lipinski definition) is 3. The lowest BCUT2D eigenvalue weighted by Gasteiger charge is -2.22. The number of aldehydes is 1. The molecular weight excluding hydrogens is 180 g/mol. The van der Waals surface area contributed by atoms with Crippen molar-refractivity contribution in [2.75, 3.05) is 6.61 Å². The van der Waals surface area contributed by atoms with E-state index >= 15 is 0 Å². The van der Waals surface area contributed by atoms with Crippen LogP contribution in [-0.2, 0) is 11.3 Å². The zero-order valence-corrected chi connectivity index (χ0v) is 8.06. The highest BCUT2D eigenvalue weighted by atomic mass is 16.5. The number of aromatic nitrogens is 2. The van der Waals surface area contributed by atoms with E-state index in [0.29, 0.717) is 5.56 Å². The second-order valence-corrected chi connectivity index (χ2v) is 3.60. The largest absolute Gasteiger partial charge is 0.376 e. The van der Waals surface area contributed by atoms with Crippen molar-refractivity contribution in [3.8, 4) is 0 Å². The van der Waals surface area contributed by atoms with E-state index < -0.39 is 0 Å². The average Bonchev–Trinajstić information content (AvgIpc) is 2.67. The monoisotopic (exact) mass is 194 g/mol. The van der Waals surface area contributed by atoms with Crippen molar-refractivity contribution in [2.45, 2.75) is 31.9 Å². The van der Waals surface area contributed by atoms with Crippen molar-refractivity contribution >= 4 is 6.29 Å². The molecule has 4 heteroatoms. The summed E-state index contributed by atoms with van der Waals surface area (Å²) in [5.41, 5.74) is 0.626. The molecule has 4 nitrogen and oxygen atoms in total. The zero-order chi connectivity index (χ0) is 9.80. The molecular formula is C10H14N2O2. The summed E-state index contributed by atoms with van der Waals surface area (Å²) in [5, 5.41) is 4.09. The molecule has 2 heterocycles. The average molecular weight is 194 g/mol. The van der Waals surface area contributed by atoms with Gasteiger partial charge >= 0.3 is 0 Å². The number of rotatable bonds is 3. The summed E-state index contributed by atoms with van der Waals surface area (Å²) < 4.78 is 7.35. The van der Waals surface area contributed by atoms with Crippen molar-refractivity contribution in [3.05, 3.63) is 18.0 Å². The summed E-state index contributed by atoms with van der Waals surface area (Å²) >= 11 is 0. The second kappa shape index (κ2) is 4.37. The summed E-state index contributed by atoms with van der Waals surface area (Å²) in [4.78, 5) is 10.4. The molecule has 0 radical (unpaired) electrons. The first-order chi connectivity index (χ1) is 6.88. The summed E-state index contributed by atoms with van der Waals surface area (Å²) in [6.07, 6.45) is 7.90. The molecule has 0 aliphatic carbocycles. The smallest absolute Gasteiger partial charge is 0.153 e. The molecule has 1 aromatic rings. The number of hydrogen-bond donors (Lipinski definition) is 0. The van der Waals surface area contributed by atoms with Crippen molar-refractivity contribution in [1.82, 2.24) is 9.78 Å². The molecule has 1 atom stereocenters. The zero-order valence-electron chi connectivity index (χ0n) is 8.06. The minimum Gasteiger partial charge on any atom is -0.376 e. The summed E-state index contributed by atoms with van der Waals surface area (Å²) in [6, 6.07) is 0. The topological polar surface area (TPSA) is 44.1 Å². The molecule has 0 bridgehead atoms. The summed E-state index contributed by atoms with van der Waals surface area (Å²) in [6.45, 7) is 1.61. The second-order valence-electron chi connectivity index (χ2n) is 3.60. The quantitative estimate of drug-likeness (QED) is 0.680. The Kier molecular flexibility index (Phi) is 2.93. The minimum absolute atomic E-state index is 0.267. The third kappa shape index (κ3) is 2.20. The maximum absolute atomic E-state index is 10.4. The fraction of sp³-hybridized carbons (Fsp3) is 0.600. The lowest BCUT2D eigenvalue weighted by Crippen LogP contribution is -2.24. The van der Waals surface area contributed by atoms with Gasteiger partial charge in [0, 0.05) is 12.8 Å². The van der Waals surface area contributed by atoms with Gasteiger partial charge in [0.1, 0.15) is 0 Å². The predicted molar refractivity (Wildman–Crippen MR) is 51.2 cm³/mol. The van der Waals surface area contributed by atoms with Gasteiger partial charge in [0.2, 0.25) is 0 Å². The van der Waals surface area contributed by atoms with Crippen LogP contribution in [0.3, 0.4) is 0 Å². The molecule has 14 heavy (non-hydrogen) atoms. The van der Waals surface area contributed by atoms with Crippen LogP contribution < -0.4 is 0 Å². The maximum atomic E-state index is 10.4. The number of ether oxygens (including phenoxy) is 1. The van der Waals surface area contributed by atoms with Crippen molar-refractivity contribution < 1.29 is 9.53 Å². The molecule has 0 spiro atoms. The van der Waals surface area contributed by atoms with Gasteiger partial charge in [-0.2, -0.15) is 5.10 Å². The van der Waals surface area contributed by atoms with E-state index in [0.717, 1.165) is 32.3 Å². The van der Waals surface area contributed by atoms with Crippen molar-refractivity contribution in [1.29, 1.82) is 0 Å². The molecule has 0 unspecified atom stereocenters. The van der Waals surface area contributed by atoms with Gasteiger partial charge in [-0.3, -0.25) is 9.48 Å². The van der Waals surface area contributed by atoms with Crippen molar-refractivity contribution in [2.24, 2.45) is 0 Å². The molecule has 0 N–H and O–H groups in total. The van der Waals surface area contributed by atoms with Gasteiger partial charge in [-0.1, -0.05) is 0 Å². The standard InChI is InChI=1S/C10H14N2O2/c13-8-9-5-11-12(6-9)7-10-3-1-2-4-14-10/h5-6,8,10H,1-4,7H2/t10-/m1/s1. The van der Waals surface area contributed by atoms with Crippen LogP contribution in [0.1, 0.15) is 29.6 Å². The first-order valence-corrected chi connectivity index (χ1v) is 4.98. The molecule has 1 saturated heterocycles. The van der Waals surface area contributed by atoms with Crippen molar-refractivity contribution in [3.63, 3.8) is 0 Å². The minimum atomic E-state index is 0.267. The van der Waals surface area contributed by atoms with E-state index in [1.807, 2.05) is 0 Å². The Bertz CT molecular complexity index is 303. The molecule has 1 aliphatic rings. The third-order valence-corrected chi connectivity index (χ3v) is 2.45. The van der Waals surface area contributed by atoms with Gasteiger partial charge in [0.25, 0.3) is 0 Å². The molecule has 1 aromatic heterocycles. The van der Waals surface area contributed by atoms with Crippen LogP contribution in [0.5, 0.6) is 0 Å². The molecule has 76 valence electrons. The van der Waals surface area contributed by atoms with Crippen LogP contribution in [0.15, 0.2) is 12.4 Å². The number of carbonyl (C=O) groups excluding carboxylic acids is 1. The maximum Gasteiger partial charge on any atom is 0.153 e. The lowest BCUT2D eigenvalue weighted by molar-refractivity contribution is 0.00398. The van der Waals surface area contributed by atoms with E-state index in [1.54, 1.807) is 17.1 Å². The van der Waals surface area contributed by atoms with Crippen LogP contribution in [-0.4, -0.2) is 28.8 Å². The fourth-order valence-corrected chi connectivity index (χ4v) is 1.70. The highest BCUT2D eigenvalue weighted by molar-refractivity contribution is 5.73. The van der Waals surface area contributed by atoms with Gasteiger partial charge in [-0.15, -0.1) is 0 Å². The predicted octanol–water partition coefficient (Wildman–Crippen LogP) is 1.26. The lowest BCUT2D eigenvalue weighted by atomic mass is 10.1. The highest BCUT2D eigenvalue weighted by Crippen LogP contribution is 2.14. The Morgan fingerprint density at radius 1 is 1.64 bits per heavy atom. The van der Waals surface area contributed by atoms with Gasteiger partial charge in [0.15, 0.2) is 6.29 Å². The number of carbonyl (C=O) groups is 1.